The van der Waals surface area contributed by atoms with Crippen molar-refractivity contribution in [2.45, 2.75) is 54.4 Å². The Morgan fingerprint density at radius 3 is 2.89 bits per heavy atom. The molecule has 0 spiro atoms. The Morgan fingerprint density at radius 2 is 1.96 bits per heavy atom. The van der Waals surface area contributed by atoms with Crippen LogP contribution in [0.25, 0.3) is 0 Å². The van der Waals surface area contributed by atoms with Crippen LogP contribution in [0.2, 0.25) is 0 Å². The largest absolute Gasteiger partial charge is 0.492 e. The molecule has 2 nitrogen and oxygen atoms in total. The van der Waals surface area contributed by atoms with Crippen LogP contribution in [0.3, 0.4) is 0 Å². The molecule has 2 unspecified atom stereocenters. The Labute approximate surface area is 171 Å². The van der Waals surface area contributed by atoms with Crippen molar-refractivity contribution in [1.82, 2.24) is 5.32 Å². The molecule has 0 aromatic heterocycles. The third-order valence-corrected chi connectivity index (χ3v) is 8.06. The van der Waals surface area contributed by atoms with Crippen molar-refractivity contribution in [3.63, 3.8) is 0 Å². The van der Waals surface area contributed by atoms with Crippen molar-refractivity contribution in [2.24, 2.45) is 0 Å². The van der Waals surface area contributed by atoms with Crippen molar-refractivity contribution >= 4 is 23.5 Å². The number of thioether (sulfide) groups is 2. The van der Waals surface area contributed by atoms with Gasteiger partial charge in [-0.15, -0.1) is 23.5 Å². The fourth-order valence-corrected chi connectivity index (χ4v) is 6.59. The van der Waals surface area contributed by atoms with Crippen LogP contribution in [-0.4, -0.2) is 30.7 Å². The SMILES string of the molecule is CCCC1c2ccccc2CC1NCCCOc1cccc2c1SCCS2. The van der Waals surface area contributed by atoms with E-state index >= 15 is 0 Å². The lowest BCUT2D eigenvalue weighted by Crippen LogP contribution is -2.34. The second-order valence-electron chi connectivity index (χ2n) is 7.34. The van der Waals surface area contributed by atoms with Crippen molar-refractivity contribution < 1.29 is 4.74 Å². The van der Waals surface area contributed by atoms with E-state index in [1.165, 1.54) is 46.1 Å². The third kappa shape index (κ3) is 4.49. The van der Waals surface area contributed by atoms with E-state index in [4.69, 9.17) is 4.74 Å². The predicted molar refractivity (Wildman–Crippen MR) is 118 cm³/mol. The van der Waals surface area contributed by atoms with Gasteiger partial charge in [0.2, 0.25) is 0 Å². The van der Waals surface area contributed by atoms with E-state index in [1.807, 2.05) is 23.5 Å². The maximum absolute atomic E-state index is 6.13. The van der Waals surface area contributed by atoms with Gasteiger partial charge in [0, 0.05) is 22.4 Å². The fourth-order valence-electron chi connectivity index (χ4n) is 4.26. The van der Waals surface area contributed by atoms with Gasteiger partial charge in [-0.25, -0.2) is 0 Å². The van der Waals surface area contributed by atoms with E-state index in [0.29, 0.717) is 12.0 Å². The molecule has 4 heteroatoms. The van der Waals surface area contributed by atoms with Gasteiger partial charge in [-0.2, -0.15) is 0 Å². The quantitative estimate of drug-likeness (QED) is 0.570. The Kier molecular flexibility index (Phi) is 6.69. The number of nitrogens with one attached hydrogen (secondary N) is 1. The highest BCUT2D eigenvalue weighted by atomic mass is 32.2. The molecule has 1 heterocycles. The van der Waals surface area contributed by atoms with E-state index in [-0.39, 0.29) is 0 Å². The molecule has 0 bridgehead atoms. The number of hydrogen-bond acceptors (Lipinski definition) is 4. The first-order valence-electron chi connectivity index (χ1n) is 10.2. The third-order valence-electron chi connectivity index (χ3n) is 5.50. The van der Waals surface area contributed by atoms with E-state index in [1.54, 1.807) is 5.56 Å². The monoisotopic (exact) mass is 399 g/mol. The molecular weight excluding hydrogens is 370 g/mol. The van der Waals surface area contributed by atoms with Crippen LogP contribution in [0, 0.1) is 0 Å². The lowest BCUT2D eigenvalue weighted by molar-refractivity contribution is 0.294. The van der Waals surface area contributed by atoms with Gasteiger partial charge >= 0.3 is 0 Å². The van der Waals surface area contributed by atoms with Gasteiger partial charge in [0.05, 0.1) is 11.5 Å². The maximum Gasteiger partial charge on any atom is 0.133 e. The number of ether oxygens (including phenoxy) is 1. The number of hydrogen-bond donors (Lipinski definition) is 1. The van der Waals surface area contributed by atoms with Gasteiger partial charge in [0.1, 0.15) is 5.75 Å². The molecule has 144 valence electrons. The van der Waals surface area contributed by atoms with E-state index in [2.05, 4.69) is 54.7 Å². The highest BCUT2D eigenvalue weighted by Crippen LogP contribution is 2.42. The molecule has 27 heavy (non-hydrogen) atoms. The molecule has 0 saturated carbocycles. The minimum absolute atomic E-state index is 0.582. The zero-order valence-corrected chi connectivity index (χ0v) is 17.7. The summed E-state index contributed by atoms with van der Waals surface area (Å²) in [6.45, 7) is 4.10. The topological polar surface area (TPSA) is 21.3 Å². The summed E-state index contributed by atoms with van der Waals surface area (Å²) in [4.78, 5) is 2.73. The smallest absolute Gasteiger partial charge is 0.133 e. The standard InChI is InChI=1S/C23H29NOS2/c1-2-7-19-18-9-4-3-8-17(18)16-20(19)24-12-6-13-25-21-10-5-11-22-23(21)27-15-14-26-22/h3-5,8-11,19-20,24H,2,6-7,12-16H2,1H3. The molecule has 1 aliphatic carbocycles. The van der Waals surface area contributed by atoms with Crippen LogP contribution < -0.4 is 10.1 Å². The number of fused-ring (bicyclic) bond motifs is 2. The Balaban J connectivity index is 1.26. The van der Waals surface area contributed by atoms with Crippen LogP contribution in [0.15, 0.2) is 52.3 Å². The van der Waals surface area contributed by atoms with Gasteiger partial charge in [-0.05, 0) is 55.0 Å². The molecule has 0 amide bonds. The van der Waals surface area contributed by atoms with Crippen LogP contribution >= 0.6 is 23.5 Å². The van der Waals surface area contributed by atoms with Crippen molar-refractivity contribution in [2.75, 3.05) is 24.7 Å². The zero-order chi connectivity index (χ0) is 18.5. The molecule has 4 rings (SSSR count). The second-order valence-corrected chi connectivity index (χ2v) is 9.58. The van der Waals surface area contributed by atoms with Crippen molar-refractivity contribution in [1.29, 1.82) is 0 Å². The normalized spacial score (nSPS) is 20.9. The fraction of sp³-hybridized carbons (Fsp3) is 0.478. The molecule has 2 aromatic rings. The first-order chi connectivity index (χ1) is 13.4. The highest BCUT2D eigenvalue weighted by molar-refractivity contribution is 8.05. The summed E-state index contributed by atoms with van der Waals surface area (Å²) >= 11 is 3.89. The van der Waals surface area contributed by atoms with Crippen LogP contribution in [0.1, 0.15) is 43.2 Å². The molecule has 1 N–H and O–H groups in total. The Morgan fingerprint density at radius 1 is 1.07 bits per heavy atom. The lowest BCUT2D eigenvalue weighted by atomic mass is 9.93. The summed E-state index contributed by atoms with van der Waals surface area (Å²) in [5, 5.41) is 3.82. The molecular formula is C23H29NOS2. The van der Waals surface area contributed by atoms with Crippen molar-refractivity contribution in [3.05, 3.63) is 53.6 Å². The minimum Gasteiger partial charge on any atom is -0.492 e. The van der Waals surface area contributed by atoms with Gasteiger partial charge in [0.15, 0.2) is 0 Å². The molecule has 2 aliphatic rings. The van der Waals surface area contributed by atoms with Gasteiger partial charge in [0.25, 0.3) is 0 Å². The molecule has 0 radical (unpaired) electrons. The molecule has 0 fully saturated rings. The van der Waals surface area contributed by atoms with Gasteiger partial charge < -0.3 is 10.1 Å². The summed E-state index contributed by atoms with van der Waals surface area (Å²) in [6.07, 6.45) is 4.74. The average molecular weight is 400 g/mol. The minimum atomic E-state index is 0.582. The molecule has 2 aromatic carbocycles. The van der Waals surface area contributed by atoms with Gasteiger partial charge in [-0.3, -0.25) is 0 Å². The summed E-state index contributed by atoms with van der Waals surface area (Å²) in [6, 6.07) is 16.0. The first kappa shape index (κ1) is 19.2. The van der Waals surface area contributed by atoms with E-state index < -0.39 is 0 Å². The maximum atomic E-state index is 6.13. The zero-order valence-electron chi connectivity index (χ0n) is 16.1. The summed E-state index contributed by atoms with van der Waals surface area (Å²) in [5.74, 6) is 4.12. The summed E-state index contributed by atoms with van der Waals surface area (Å²) < 4.78 is 6.13. The summed E-state index contributed by atoms with van der Waals surface area (Å²) in [7, 11) is 0. The highest BCUT2D eigenvalue weighted by Gasteiger charge is 2.30. The van der Waals surface area contributed by atoms with E-state index in [0.717, 1.165) is 25.3 Å². The van der Waals surface area contributed by atoms with Crippen molar-refractivity contribution in [3.8, 4) is 5.75 Å². The first-order valence-corrected chi connectivity index (χ1v) is 12.2. The lowest BCUT2D eigenvalue weighted by Gasteiger charge is -2.22. The van der Waals surface area contributed by atoms with Gasteiger partial charge in [-0.1, -0.05) is 43.7 Å². The number of rotatable bonds is 8. The number of benzene rings is 2. The Bertz CT molecular complexity index is 764. The summed E-state index contributed by atoms with van der Waals surface area (Å²) in [5.41, 5.74) is 3.11. The average Bonchev–Trinajstić information content (AvgIpc) is 3.06. The van der Waals surface area contributed by atoms with Crippen LogP contribution in [0.4, 0.5) is 0 Å². The van der Waals surface area contributed by atoms with Crippen LogP contribution in [0.5, 0.6) is 5.75 Å². The molecule has 0 saturated heterocycles. The Hall–Kier alpha value is -1.10. The second kappa shape index (κ2) is 9.40. The van der Waals surface area contributed by atoms with E-state index in [9.17, 15) is 0 Å². The van der Waals surface area contributed by atoms with Crippen LogP contribution in [-0.2, 0) is 6.42 Å². The molecule has 1 aliphatic heterocycles. The predicted octanol–water partition coefficient (Wildman–Crippen LogP) is 5.75. The molecule has 2 atom stereocenters.